The second kappa shape index (κ2) is 9.60. The number of hydrogen-bond acceptors (Lipinski definition) is 6. The lowest BCUT2D eigenvalue weighted by Crippen LogP contribution is -2.21. The van der Waals surface area contributed by atoms with Crippen LogP contribution in [0.4, 0.5) is 28.8 Å². The Hall–Kier alpha value is -3.28. The van der Waals surface area contributed by atoms with Gasteiger partial charge in [0, 0.05) is 30.7 Å². The average molecular weight is 377 g/mol. The van der Waals surface area contributed by atoms with E-state index in [9.17, 15) is 0 Å². The minimum atomic E-state index is 0.511. The van der Waals surface area contributed by atoms with Crippen molar-refractivity contribution < 1.29 is 4.74 Å². The monoisotopic (exact) mass is 377 g/mol. The van der Waals surface area contributed by atoms with Gasteiger partial charge in [0.15, 0.2) is 0 Å². The number of anilines is 5. The zero-order chi connectivity index (χ0) is 19.8. The summed E-state index contributed by atoms with van der Waals surface area (Å²) in [6, 6.07) is 18.0. The molecule has 0 saturated heterocycles. The van der Waals surface area contributed by atoms with E-state index in [2.05, 4.69) is 63.6 Å². The average Bonchev–Trinajstić information content (AvgIpc) is 2.72. The second-order valence-electron chi connectivity index (χ2n) is 6.16. The van der Waals surface area contributed by atoms with E-state index in [4.69, 9.17) is 4.74 Å². The van der Waals surface area contributed by atoms with E-state index in [1.807, 2.05) is 37.3 Å². The molecule has 6 heteroatoms. The topological polar surface area (TPSA) is 62.3 Å². The Morgan fingerprint density at radius 1 is 0.893 bits per heavy atom. The van der Waals surface area contributed by atoms with Gasteiger partial charge in [-0.05, 0) is 63.2 Å². The Bertz CT molecular complexity index is 878. The maximum atomic E-state index is 5.65. The van der Waals surface area contributed by atoms with Crippen LogP contribution in [0.1, 0.15) is 20.8 Å². The van der Waals surface area contributed by atoms with Crippen LogP contribution in [0.25, 0.3) is 0 Å². The van der Waals surface area contributed by atoms with E-state index in [1.165, 1.54) is 5.69 Å². The molecule has 0 aliphatic heterocycles. The molecule has 2 N–H and O–H groups in total. The molecule has 0 bridgehead atoms. The first-order valence-corrected chi connectivity index (χ1v) is 9.67. The largest absolute Gasteiger partial charge is 0.492 e. The van der Waals surface area contributed by atoms with Gasteiger partial charge in [-0.2, -0.15) is 4.98 Å². The van der Waals surface area contributed by atoms with Gasteiger partial charge >= 0.3 is 0 Å². The fraction of sp³-hybridized carbons (Fsp3) is 0.273. The van der Waals surface area contributed by atoms with E-state index >= 15 is 0 Å². The lowest BCUT2D eigenvalue weighted by molar-refractivity contribution is 0.342. The van der Waals surface area contributed by atoms with Crippen LogP contribution in [0.5, 0.6) is 5.75 Å². The van der Waals surface area contributed by atoms with Gasteiger partial charge < -0.3 is 20.3 Å². The van der Waals surface area contributed by atoms with Gasteiger partial charge in [-0.3, -0.25) is 0 Å². The number of para-hydroxylation sites is 2. The molecule has 0 spiro atoms. The zero-order valence-corrected chi connectivity index (χ0v) is 16.6. The summed E-state index contributed by atoms with van der Waals surface area (Å²) >= 11 is 0. The fourth-order valence-electron chi connectivity index (χ4n) is 2.95. The molecule has 146 valence electrons. The summed E-state index contributed by atoms with van der Waals surface area (Å²) in [4.78, 5) is 11.2. The molecule has 0 fully saturated rings. The summed E-state index contributed by atoms with van der Waals surface area (Å²) in [6.45, 7) is 8.87. The van der Waals surface area contributed by atoms with Gasteiger partial charge in [0.25, 0.3) is 0 Å². The molecule has 0 atom stereocenters. The van der Waals surface area contributed by atoms with Crippen molar-refractivity contribution in [1.29, 1.82) is 0 Å². The molecule has 1 aromatic heterocycles. The van der Waals surface area contributed by atoms with Crippen LogP contribution in [-0.2, 0) is 0 Å². The highest BCUT2D eigenvalue weighted by Crippen LogP contribution is 2.27. The first-order valence-electron chi connectivity index (χ1n) is 9.67. The number of aromatic nitrogens is 2. The quantitative estimate of drug-likeness (QED) is 0.534. The molecule has 6 nitrogen and oxygen atoms in total. The second-order valence-corrected chi connectivity index (χ2v) is 6.16. The van der Waals surface area contributed by atoms with Crippen LogP contribution in [0.2, 0.25) is 0 Å². The lowest BCUT2D eigenvalue weighted by Gasteiger charge is -2.21. The normalized spacial score (nSPS) is 10.4. The van der Waals surface area contributed by atoms with E-state index in [0.29, 0.717) is 12.6 Å². The molecule has 0 amide bonds. The van der Waals surface area contributed by atoms with Gasteiger partial charge in [-0.25, -0.2) is 4.98 Å². The first-order chi connectivity index (χ1) is 13.7. The summed E-state index contributed by atoms with van der Waals surface area (Å²) in [5.74, 6) is 2.01. The van der Waals surface area contributed by atoms with Crippen molar-refractivity contribution in [2.45, 2.75) is 20.8 Å². The number of nitrogens with one attached hydrogen (secondary N) is 2. The number of ether oxygens (including phenoxy) is 1. The Morgan fingerprint density at radius 3 is 2.36 bits per heavy atom. The highest BCUT2D eigenvalue weighted by molar-refractivity contribution is 5.65. The molecule has 28 heavy (non-hydrogen) atoms. The number of hydrogen-bond donors (Lipinski definition) is 2. The standard InChI is InChI=1S/C22H27N5O/c1-4-27(5-2)18-13-11-17(12-14-18)24-21-15-16-23-22(26-21)25-19-9-7-8-10-20(19)28-6-3/h7-16H,4-6H2,1-3H3,(H2,23,24,25,26). The number of benzene rings is 2. The molecule has 3 rings (SSSR count). The molecule has 0 radical (unpaired) electrons. The number of rotatable bonds is 9. The third kappa shape index (κ3) is 4.91. The first kappa shape index (κ1) is 19.5. The third-order valence-corrected chi connectivity index (χ3v) is 4.36. The van der Waals surface area contributed by atoms with Gasteiger partial charge in [-0.1, -0.05) is 12.1 Å². The summed E-state index contributed by atoms with van der Waals surface area (Å²) in [7, 11) is 0. The van der Waals surface area contributed by atoms with E-state index in [0.717, 1.165) is 36.0 Å². The highest BCUT2D eigenvalue weighted by Gasteiger charge is 2.06. The van der Waals surface area contributed by atoms with Crippen molar-refractivity contribution in [1.82, 2.24) is 9.97 Å². The Balaban J connectivity index is 1.72. The van der Waals surface area contributed by atoms with Gasteiger partial charge in [0.1, 0.15) is 11.6 Å². The van der Waals surface area contributed by atoms with Crippen molar-refractivity contribution in [3.05, 3.63) is 60.8 Å². The Kier molecular flexibility index (Phi) is 6.68. The van der Waals surface area contributed by atoms with Crippen molar-refractivity contribution in [2.75, 3.05) is 35.2 Å². The van der Waals surface area contributed by atoms with E-state index in [1.54, 1.807) is 6.20 Å². The maximum absolute atomic E-state index is 5.65. The minimum Gasteiger partial charge on any atom is -0.492 e. The molecule has 0 aliphatic carbocycles. The van der Waals surface area contributed by atoms with Crippen LogP contribution >= 0.6 is 0 Å². The van der Waals surface area contributed by atoms with Crippen LogP contribution in [0.3, 0.4) is 0 Å². The van der Waals surface area contributed by atoms with Crippen LogP contribution in [0, 0.1) is 0 Å². The number of nitrogens with zero attached hydrogens (tertiary/aromatic N) is 3. The van der Waals surface area contributed by atoms with Crippen LogP contribution in [-0.4, -0.2) is 29.7 Å². The minimum absolute atomic E-state index is 0.511. The summed E-state index contributed by atoms with van der Waals surface area (Å²) in [5.41, 5.74) is 3.04. The van der Waals surface area contributed by atoms with E-state index in [-0.39, 0.29) is 0 Å². The summed E-state index contributed by atoms with van der Waals surface area (Å²) in [5, 5.41) is 6.56. The maximum Gasteiger partial charge on any atom is 0.229 e. The van der Waals surface area contributed by atoms with Crippen molar-refractivity contribution in [3.63, 3.8) is 0 Å². The van der Waals surface area contributed by atoms with Gasteiger partial charge in [0.05, 0.1) is 12.3 Å². The van der Waals surface area contributed by atoms with Crippen molar-refractivity contribution in [2.24, 2.45) is 0 Å². The Morgan fingerprint density at radius 2 is 1.64 bits per heavy atom. The van der Waals surface area contributed by atoms with E-state index < -0.39 is 0 Å². The Labute approximate surface area is 166 Å². The lowest BCUT2D eigenvalue weighted by atomic mass is 10.2. The molecule has 3 aromatic rings. The SMILES string of the molecule is CCOc1ccccc1Nc1nccc(Nc2ccc(N(CC)CC)cc2)n1. The van der Waals surface area contributed by atoms with Crippen LogP contribution < -0.4 is 20.3 Å². The van der Waals surface area contributed by atoms with Crippen LogP contribution in [0.15, 0.2) is 60.8 Å². The molecule has 1 heterocycles. The predicted octanol–water partition coefficient (Wildman–Crippen LogP) is 5.21. The highest BCUT2D eigenvalue weighted by atomic mass is 16.5. The third-order valence-electron chi connectivity index (χ3n) is 4.36. The fourth-order valence-corrected chi connectivity index (χ4v) is 2.95. The summed E-state index contributed by atoms with van der Waals surface area (Å²) < 4.78 is 5.65. The van der Waals surface area contributed by atoms with Crippen molar-refractivity contribution >= 4 is 28.8 Å². The smallest absolute Gasteiger partial charge is 0.229 e. The molecule has 0 aliphatic rings. The summed E-state index contributed by atoms with van der Waals surface area (Å²) in [6.07, 6.45) is 1.73. The van der Waals surface area contributed by atoms with Gasteiger partial charge in [0.2, 0.25) is 5.95 Å². The predicted molar refractivity (Wildman–Crippen MR) is 116 cm³/mol. The molecular weight excluding hydrogens is 350 g/mol. The molecular formula is C22H27N5O. The zero-order valence-electron chi connectivity index (χ0n) is 16.6. The molecule has 2 aromatic carbocycles. The van der Waals surface area contributed by atoms with Crippen molar-refractivity contribution in [3.8, 4) is 5.75 Å². The molecule has 0 unspecified atom stereocenters. The van der Waals surface area contributed by atoms with Gasteiger partial charge in [-0.15, -0.1) is 0 Å². The molecule has 0 saturated carbocycles.